The maximum Gasteiger partial charge on any atom is 0.283 e. The van der Waals surface area contributed by atoms with Gasteiger partial charge in [0.25, 0.3) is 5.91 Å². The summed E-state index contributed by atoms with van der Waals surface area (Å²) < 4.78 is 0. The molecule has 1 aliphatic heterocycles. The van der Waals surface area contributed by atoms with Gasteiger partial charge in [-0.2, -0.15) is 0 Å². The third-order valence-electron chi connectivity index (χ3n) is 5.74. The summed E-state index contributed by atoms with van der Waals surface area (Å²) in [6.07, 6.45) is 8.46. The van der Waals surface area contributed by atoms with Crippen LogP contribution in [0.5, 0.6) is 0 Å². The summed E-state index contributed by atoms with van der Waals surface area (Å²) in [7, 11) is 0. The molecule has 2 aliphatic rings. The standard InChI is InChI=1S/C20H29ClN2O/c1-15-11-13-23(14-12-15)19(16-7-9-17(21)10-8-16)20(24)22-18-5-3-2-4-6-18/h7-10,15,18-19H,2-6,11-14H2,1H3,(H,22,24)/p+1. The van der Waals surface area contributed by atoms with E-state index in [9.17, 15) is 4.79 Å². The fourth-order valence-electron chi connectivity index (χ4n) is 4.18. The van der Waals surface area contributed by atoms with Gasteiger partial charge in [0, 0.05) is 16.6 Å². The van der Waals surface area contributed by atoms with Crippen molar-refractivity contribution in [3.63, 3.8) is 0 Å². The number of hydrogen-bond donors (Lipinski definition) is 2. The fourth-order valence-corrected chi connectivity index (χ4v) is 4.31. The van der Waals surface area contributed by atoms with Gasteiger partial charge >= 0.3 is 0 Å². The maximum absolute atomic E-state index is 13.1. The molecule has 0 radical (unpaired) electrons. The topological polar surface area (TPSA) is 33.5 Å². The summed E-state index contributed by atoms with van der Waals surface area (Å²) in [5.41, 5.74) is 1.09. The van der Waals surface area contributed by atoms with Crippen molar-refractivity contribution in [3.05, 3.63) is 34.9 Å². The Hall–Kier alpha value is -1.06. The molecule has 0 aromatic heterocycles. The molecule has 0 spiro atoms. The molecule has 2 fully saturated rings. The summed E-state index contributed by atoms with van der Waals surface area (Å²) >= 11 is 6.05. The number of amides is 1. The van der Waals surface area contributed by atoms with Crippen molar-refractivity contribution in [1.82, 2.24) is 5.32 Å². The molecule has 132 valence electrons. The Labute approximate surface area is 150 Å². The summed E-state index contributed by atoms with van der Waals surface area (Å²) in [6, 6.07) is 8.13. The fraction of sp³-hybridized carbons (Fsp3) is 0.650. The average Bonchev–Trinajstić information content (AvgIpc) is 2.59. The summed E-state index contributed by atoms with van der Waals surface area (Å²) in [4.78, 5) is 14.5. The number of likely N-dealkylation sites (tertiary alicyclic amines) is 1. The molecule has 1 aromatic carbocycles. The molecule has 3 rings (SSSR count). The van der Waals surface area contributed by atoms with Crippen LogP contribution in [0.25, 0.3) is 0 Å². The van der Waals surface area contributed by atoms with Gasteiger partial charge in [0.05, 0.1) is 13.1 Å². The maximum atomic E-state index is 13.1. The minimum atomic E-state index is -0.100. The van der Waals surface area contributed by atoms with E-state index in [2.05, 4.69) is 12.2 Å². The van der Waals surface area contributed by atoms with E-state index in [1.54, 1.807) is 0 Å². The van der Waals surface area contributed by atoms with Gasteiger partial charge in [-0.3, -0.25) is 4.79 Å². The highest BCUT2D eigenvalue weighted by atomic mass is 35.5. The van der Waals surface area contributed by atoms with Crippen LogP contribution >= 0.6 is 11.6 Å². The number of piperidine rings is 1. The molecular weight excluding hydrogens is 320 g/mol. The van der Waals surface area contributed by atoms with Crippen LogP contribution in [-0.2, 0) is 4.79 Å². The minimum absolute atomic E-state index is 0.100. The third-order valence-corrected chi connectivity index (χ3v) is 5.99. The normalized spacial score (nSPS) is 26.8. The van der Waals surface area contributed by atoms with E-state index in [1.807, 2.05) is 24.3 Å². The van der Waals surface area contributed by atoms with Gasteiger partial charge in [-0.05, 0) is 43.7 Å². The highest BCUT2D eigenvalue weighted by Crippen LogP contribution is 2.20. The van der Waals surface area contributed by atoms with Crippen LogP contribution in [-0.4, -0.2) is 25.0 Å². The lowest BCUT2D eigenvalue weighted by Crippen LogP contribution is -3.14. The van der Waals surface area contributed by atoms with Crippen LogP contribution in [0.4, 0.5) is 0 Å². The quantitative estimate of drug-likeness (QED) is 0.860. The minimum Gasteiger partial charge on any atom is -0.348 e. The lowest BCUT2D eigenvalue weighted by Gasteiger charge is -2.34. The number of quaternary nitrogens is 1. The Kier molecular flexibility index (Phi) is 6.18. The van der Waals surface area contributed by atoms with Gasteiger partial charge in [-0.25, -0.2) is 0 Å². The molecule has 24 heavy (non-hydrogen) atoms. The van der Waals surface area contributed by atoms with Crippen molar-refractivity contribution < 1.29 is 9.69 Å². The molecule has 3 nitrogen and oxygen atoms in total. The zero-order valence-electron chi connectivity index (χ0n) is 14.7. The smallest absolute Gasteiger partial charge is 0.283 e. The van der Waals surface area contributed by atoms with E-state index >= 15 is 0 Å². The summed E-state index contributed by atoms with van der Waals surface area (Å²) in [6.45, 7) is 4.47. The van der Waals surface area contributed by atoms with Crippen LogP contribution in [0, 0.1) is 5.92 Å². The van der Waals surface area contributed by atoms with E-state index in [4.69, 9.17) is 11.6 Å². The second-order valence-electron chi connectivity index (χ2n) is 7.67. The number of carbonyl (C=O) groups excluding carboxylic acids is 1. The van der Waals surface area contributed by atoms with Crippen LogP contribution < -0.4 is 10.2 Å². The molecule has 1 heterocycles. The van der Waals surface area contributed by atoms with E-state index < -0.39 is 0 Å². The molecule has 2 N–H and O–H groups in total. The number of benzene rings is 1. The van der Waals surface area contributed by atoms with Crippen molar-refractivity contribution >= 4 is 17.5 Å². The SMILES string of the molecule is CC1CC[NH+](C(C(=O)NC2CCCCC2)c2ccc(Cl)cc2)CC1. The van der Waals surface area contributed by atoms with Gasteiger partial charge in [0.15, 0.2) is 6.04 Å². The van der Waals surface area contributed by atoms with Gasteiger partial charge in [-0.15, -0.1) is 0 Å². The first-order valence-electron chi connectivity index (χ1n) is 9.54. The van der Waals surface area contributed by atoms with Gasteiger partial charge in [0.2, 0.25) is 0 Å². The number of rotatable bonds is 4. The molecule has 1 atom stereocenters. The van der Waals surface area contributed by atoms with Crippen LogP contribution in [0.3, 0.4) is 0 Å². The molecule has 0 bridgehead atoms. The van der Waals surface area contributed by atoms with Gasteiger partial charge in [0.1, 0.15) is 0 Å². The number of hydrogen-bond acceptors (Lipinski definition) is 1. The predicted molar refractivity (Wildman–Crippen MR) is 98.3 cm³/mol. The van der Waals surface area contributed by atoms with Crippen LogP contribution in [0.2, 0.25) is 5.02 Å². The second-order valence-corrected chi connectivity index (χ2v) is 8.11. The van der Waals surface area contributed by atoms with Crippen molar-refractivity contribution in [2.24, 2.45) is 5.92 Å². The van der Waals surface area contributed by atoms with Crippen LogP contribution in [0.1, 0.15) is 63.5 Å². The molecule has 1 unspecified atom stereocenters. The molecule has 1 saturated heterocycles. The van der Waals surface area contributed by atoms with E-state index in [-0.39, 0.29) is 11.9 Å². The molecule has 1 amide bonds. The Morgan fingerprint density at radius 1 is 1.08 bits per heavy atom. The number of carbonyl (C=O) groups is 1. The van der Waals surface area contributed by atoms with Crippen molar-refractivity contribution in [2.75, 3.05) is 13.1 Å². The van der Waals surface area contributed by atoms with E-state index in [0.717, 1.165) is 42.4 Å². The molecule has 1 aromatic rings. The first kappa shape index (κ1) is 17.8. The average molecular weight is 350 g/mol. The van der Waals surface area contributed by atoms with E-state index in [0.29, 0.717) is 6.04 Å². The summed E-state index contributed by atoms with van der Waals surface area (Å²) in [5, 5.41) is 4.08. The summed E-state index contributed by atoms with van der Waals surface area (Å²) in [5.74, 6) is 0.981. The Bertz CT molecular complexity index is 531. The van der Waals surface area contributed by atoms with Crippen molar-refractivity contribution in [1.29, 1.82) is 0 Å². The molecular formula is C20H30ClN2O+. The van der Waals surface area contributed by atoms with Crippen molar-refractivity contribution in [3.8, 4) is 0 Å². The van der Waals surface area contributed by atoms with Crippen molar-refractivity contribution in [2.45, 2.75) is 64.0 Å². The Morgan fingerprint density at radius 2 is 1.71 bits per heavy atom. The second kappa shape index (κ2) is 8.35. The van der Waals surface area contributed by atoms with Crippen LogP contribution in [0.15, 0.2) is 24.3 Å². The Morgan fingerprint density at radius 3 is 2.33 bits per heavy atom. The molecule has 1 aliphatic carbocycles. The lowest BCUT2D eigenvalue weighted by molar-refractivity contribution is -0.927. The molecule has 4 heteroatoms. The Balaban J connectivity index is 1.75. The first-order valence-corrected chi connectivity index (χ1v) is 9.91. The third kappa shape index (κ3) is 4.52. The largest absolute Gasteiger partial charge is 0.348 e. The van der Waals surface area contributed by atoms with Gasteiger partial charge < -0.3 is 10.2 Å². The monoisotopic (exact) mass is 349 g/mol. The molecule has 1 saturated carbocycles. The highest BCUT2D eigenvalue weighted by molar-refractivity contribution is 6.30. The van der Waals surface area contributed by atoms with E-state index in [1.165, 1.54) is 37.0 Å². The highest BCUT2D eigenvalue weighted by Gasteiger charge is 2.35. The zero-order chi connectivity index (χ0) is 16.9. The zero-order valence-corrected chi connectivity index (χ0v) is 15.4. The first-order chi connectivity index (χ1) is 11.6. The lowest BCUT2D eigenvalue weighted by atomic mass is 9.93. The predicted octanol–water partition coefficient (Wildman–Crippen LogP) is 3.14. The van der Waals surface area contributed by atoms with Gasteiger partial charge in [-0.1, -0.05) is 49.9 Å². The number of halogens is 1. The number of nitrogens with one attached hydrogen (secondary N) is 2.